The van der Waals surface area contributed by atoms with Crippen molar-refractivity contribution < 1.29 is 23.8 Å². The Kier molecular flexibility index (Phi) is 10.8. The molecule has 2 aromatic rings. The average molecular weight is 511 g/mol. The molecule has 0 saturated heterocycles. The topological polar surface area (TPSA) is 77.1 Å². The highest BCUT2D eigenvalue weighted by Gasteiger charge is 2.30. The lowest BCUT2D eigenvalue weighted by molar-refractivity contribution is -0.143. The summed E-state index contributed by atoms with van der Waals surface area (Å²) in [6.45, 7) is 6.13. The van der Waals surface area contributed by atoms with Gasteiger partial charge in [0.25, 0.3) is 5.91 Å². The van der Waals surface area contributed by atoms with Crippen LogP contribution in [0.2, 0.25) is 10.0 Å². The summed E-state index contributed by atoms with van der Waals surface area (Å²) in [6.07, 6.45) is 0.407. The lowest BCUT2D eigenvalue weighted by Gasteiger charge is -2.31. The number of benzene rings is 2. The number of carbonyl (C=O) groups excluding carboxylic acids is 2. The fourth-order valence-corrected chi connectivity index (χ4v) is 3.81. The number of rotatable bonds is 12. The van der Waals surface area contributed by atoms with Crippen LogP contribution in [0.15, 0.2) is 36.4 Å². The molecule has 34 heavy (non-hydrogen) atoms. The van der Waals surface area contributed by atoms with Gasteiger partial charge in [-0.3, -0.25) is 9.59 Å². The van der Waals surface area contributed by atoms with Crippen molar-refractivity contribution >= 4 is 35.0 Å². The largest absolute Gasteiger partial charge is 0.496 e. The minimum Gasteiger partial charge on any atom is -0.496 e. The summed E-state index contributed by atoms with van der Waals surface area (Å²) in [5.41, 5.74) is 0.567. The molecule has 0 aliphatic carbocycles. The number of halogens is 2. The van der Waals surface area contributed by atoms with E-state index in [1.807, 2.05) is 20.8 Å². The van der Waals surface area contributed by atoms with Gasteiger partial charge < -0.3 is 24.4 Å². The van der Waals surface area contributed by atoms with Crippen molar-refractivity contribution in [2.45, 2.75) is 39.8 Å². The van der Waals surface area contributed by atoms with Crippen molar-refractivity contribution in [2.75, 3.05) is 27.4 Å². The molecule has 1 unspecified atom stereocenters. The first-order valence-corrected chi connectivity index (χ1v) is 11.8. The second-order valence-corrected chi connectivity index (χ2v) is 8.94. The number of methoxy groups -OCH3 is 2. The minimum absolute atomic E-state index is 0.0652. The van der Waals surface area contributed by atoms with Crippen molar-refractivity contribution in [1.82, 2.24) is 10.2 Å². The minimum atomic E-state index is -0.720. The van der Waals surface area contributed by atoms with Crippen LogP contribution in [0, 0.1) is 5.92 Å². The van der Waals surface area contributed by atoms with Crippen LogP contribution >= 0.6 is 23.2 Å². The monoisotopic (exact) mass is 510 g/mol. The smallest absolute Gasteiger partial charge is 0.261 e. The molecule has 0 saturated carbocycles. The quantitative estimate of drug-likeness (QED) is 0.436. The van der Waals surface area contributed by atoms with Gasteiger partial charge in [0.05, 0.1) is 14.2 Å². The van der Waals surface area contributed by atoms with Gasteiger partial charge in [0, 0.05) is 46.9 Å². The van der Waals surface area contributed by atoms with Gasteiger partial charge >= 0.3 is 0 Å². The lowest BCUT2D eigenvalue weighted by atomic mass is 10.1. The highest BCUT2D eigenvalue weighted by Crippen LogP contribution is 2.29. The molecule has 0 aliphatic heterocycles. The summed E-state index contributed by atoms with van der Waals surface area (Å²) in [7, 11) is 3.06. The zero-order valence-corrected chi connectivity index (χ0v) is 21.7. The van der Waals surface area contributed by atoms with Gasteiger partial charge in [0.2, 0.25) is 5.91 Å². The van der Waals surface area contributed by atoms with Crippen LogP contribution in [-0.2, 0) is 16.1 Å². The normalized spacial score (nSPS) is 11.6. The maximum absolute atomic E-state index is 13.4. The lowest BCUT2D eigenvalue weighted by Crippen LogP contribution is -2.50. The highest BCUT2D eigenvalue weighted by molar-refractivity contribution is 6.36. The first-order valence-electron chi connectivity index (χ1n) is 11.1. The van der Waals surface area contributed by atoms with Crippen molar-refractivity contribution in [3.8, 4) is 17.2 Å². The van der Waals surface area contributed by atoms with Crippen molar-refractivity contribution in [1.29, 1.82) is 0 Å². The molecule has 0 spiro atoms. The molecule has 2 amide bonds. The first-order chi connectivity index (χ1) is 16.2. The van der Waals surface area contributed by atoms with Crippen LogP contribution in [0.4, 0.5) is 0 Å². The maximum atomic E-state index is 13.4. The molecule has 9 heteroatoms. The summed E-state index contributed by atoms with van der Waals surface area (Å²) in [5, 5.41) is 3.75. The van der Waals surface area contributed by atoms with Crippen LogP contribution in [0.1, 0.15) is 32.8 Å². The summed E-state index contributed by atoms with van der Waals surface area (Å²) in [5.74, 6) is 1.11. The van der Waals surface area contributed by atoms with E-state index < -0.39 is 6.04 Å². The van der Waals surface area contributed by atoms with E-state index in [-0.39, 0.29) is 30.9 Å². The number of nitrogens with zero attached hydrogens (tertiary/aromatic N) is 1. The van der Waals surface area contributed by atoms with Crippen molar-refractivity contribution in [3.63, 3.8) is 0 Å². The molecular formula is C25H32Cl2N2O5. The molecule has 0 heterocycles. The Balaban J connectivity index is 2.30. The standard InChI is InChI=1S/C25H32Cl2N2O5/c1-6-23(25(31)28-13-16(2)3)29(14-20-21(26)8-7-9-22(20)27)24(30)15-34-19-11-17(32-4)10-18(12-19)33-5/h7-12,16,23H,6,13-15H2,1-5H3,(H,28,31). The van der Waals surface area contributed by atoms with Crippen molar-refractivity contribution in [2.24, 2.45) is 5.92 Å². The van der Waals surface area contributed by atoms with Crippen LogP contribution < -0.4 is 19.5 Å². The number of ether oxygens (including phenoxy) is 3. The van der Waals surface area contributed by atoms with Crippen LogP contribution in [0.5, 0.6) is 17.2 Å². The molecule has 2 rings (SSSR count). The fourth-order valence-electron chi connectivity index (χ4n) is 3.29. The predicted molar refractivity (Wildman–Crippen MR) is 134 cm³/mol. The Bertz CT molecular complexity index is 941. The SMILES string of the molecule is CCC(C(=O)NCC(C)C)N(Cc1c(Cl)cccc1Cl)C(=O)COc1cc(OC)cc(OC)c1. The zero-order valence-electron chi connectivity index (χ0n) is 20.2. The molecule has 1 atom stereocenters. The Hall–Kier alpha value is -2.64. The van der Waals surface area contributed by atoms with E-state index in [2.05, 4.69) is 5.32 Å². The van der Waals surface area contributed by atoms with E-state index in [9.17, 15) is 9.59 Å². The molecule has 0 aromatic heterocycles. The van der Waals surface area contributed by atoms with E-state index >= 15 is 0 Å². The second kappa shape index (κ2) is 13.3. The highest BCUT2D eigenvalue weighted by atomic mass is 35.5. The van der Waals surface area contributed by atoms with Gasteiger partial charge in [-0.2, -0.15) is 0 Å². The molecule has 0 fully saturated rings. The molecule has 2 aromatic carbocycles. The Morgan fingerprint density at radius 3 is 2.06 bits per heavy atom. The second-order valence-electron chi connectivity index (χ2n) is 8.12. The molecule has 0 bridgehead atoms. The predicted octanol–water partition coefficient (Wildman–Crippen LogP) is 4.97. The number of amides is 2. The van der Waals surface area contributed by atoms with E-state index in [0.717, 1.165) is 0 Å². The molecule has 186 valence electrons. The number of carbonyl (C=O) groups is 2. The fraction of sp³-hybridized carbons (Fsp3) is 0.440. The third-order valence-corrected chi connectivity index (χ3v) is 5.86. The van der Waals surface area contributed by atoms with E-state index in [4.69, 9.17) is 37.4 Å². The number of hydrogen-bond donors (Lipinski definition) is 1. The Morgan fingerprint density at radius 1 is 1.00 bits per heavy atom. The average Bonchev–Trinajstić information content (AvgIpc) is 2.82. The third kappa shape index (κ3) is 7.71. The van der Waals surface area contributed by atoms with Crippen LogP contribution in [0.25, 0.3) is 0 Å². The number of hydrogen-bond acceptors (Lipinski definition) is 5. The third-order valence-electron chi connectivity index (χ3n) is 5.15. The zero-order chi connectivity index (χ0) is 25.3. The van der Waals surface area contributed by atoms with Gasteiger partial charge in [0.15, 0.2) is 6.61 Å². The summed E-state index contributed by atoms with van der Waals surface area (Å²) in [4.78, 5) is 27.8. The van der Waals surface area contributed by atoms with Gasteiger partial charge in [-0.05, 0) is 24.5 Å². The Morgan fingerprint density at radius 2 is 1.56 bits per heavy atom. The summed E-state index contributed by atoms with van der Waals surface area (Å²) >= 11 is 12.7. The molecule has 7 nitrogen and oxygen atoms in total. The maximum Gasteiger partial charge on any atom is 0.261 e. The number of nitrogens with one attached hydrogen (secondary N) is 1. The van der Waals surface area contributed by atoms with Gasteiger partial charge in [0.1, 0.15) is 23.3 Å². The molecule has 1 N–H and O–H groups in total. The van der Waals surface area contributed by atoms with E-state index in [1.165, 1.54) is 19.1 Å². The van der Waals surface area contributed by atoms with Crippen molar-refractivity contribution in [3.05, 3.63) is 52.0 Å². The molecule has 0 radical (unpaired) electrons. The molecular weight excluding hydrogens is 479 g/mol. The Labute approximate surface area is 211 Å². The van der Waals surface area contributed by atoms with Crippen LogP contribution in [0.3, 0.4) is 0 Å². The summed E-state index contributed by atoms with van der Waals surface area (Å²) in [6, 6.07) is 9.41. The first kappa shape index (κ1) is 27.6. The van der Waals surface area contributed by atoms with E-state index in [0.29, 0.717) is 45.8 Å². The van der Waals surface area contributed by atoms with E-state index in [1.54, 1.807) is 36.4 Å². The van der Waals surface area contributed by atoms with Gasteiger partial charge in [-0.15, -0.1) is 0 Å². The van der Waals surface area contributed by atoms with Gasteiger partial charge in [-0.1, -0.05) is 50.0 Å². The summed E-state index contributed by atoms with van der Waals surface area (Å²) < 4.78 is 16.3. The van der Waals surface area contributed by atoms with Gasteiger partial charge in [-0.25, -0.2) is 0 Å². The van der Waals surface area contributed by atoms with Crippen LogP contribution in [-0.4, -0.2) is 50.1 Å². The molecule has 0 aliphatic rings.